The molecule has 0 aliphatic heterocycles. The van der Waals surface area contributed by atoms with Gasteiger partial charge in [0.1, 0.15) is 11.0 Å². The van der Waals surface area contributed by atoms with E-state index in [9.17, 15) is 9.18 Å². The lowest BCUT2D eigenvalue weighted by Gasteiger charge is -2.43. The van der Waals surface area contributed by atoms with E-state index in [-0.39, 0.29) is 22.2 Å². The van der Waals surface area contributed by atoms with Gasteiger partial charge in [-0.1, -0.05) is 30.9 Å². The Morgan fingerprint density at radius 3 is 2.71 bits per heavy atom. The van der Waals surface area contributed by atoms with Crippen LogP contribution in [0.1, 0.15) is 42.5 Å². The summed E-state index contributed by atoms with van der Waals surface area (Å²) in [6, 6.07) is 1.12. The van der Waals surface area contributed by atoms with Crippen molar-refractivity contribution in [3.63, 3.8) is 0 Å². The molecule has 1 aliphatic carbocycles. The molecule has 1 aromatic heterocycles. The highest BCUT2D eigenvalue weighted by molar-refractivity contribution is 6.32. The molecule has 0 saturated heterocycles. The lowest BCUT2D eigenvalue weighted by atomic mass is 9.80. The molecule has 0 bridgehead atoms. The topological polar surface area (TPSA) is 45.2 Å². The monoisotopic (exact) mass is 313 g/mol. The third kappa shape index (κ3) is 3.71. The van der Waals surface area contributed by atoms with Gasteiger partial charge in [0.25, 0.3) is 5.91 Å². The first kappa shape index (κ1) is 16.2. The van der Waals surface area contributed by atoms with Gasteiger partial charge in [0.05, 0.1) is 11.8 Å². The van der Waals surface area contributed by atoms with Gasteiger partial charge >= 0.3 is 0 Å². The molecular weight excluding hydrogens is 293 g/mol. The molecule has 1 aromatic rings. The van der Waals surface area contributed by atoms with Gasteiger partial charge in [-0.2, -0.15) is 0 Å². The van der Waals surface area contributed by atoms with Crippen LogP contribution in [0.25, 0.3) is 0 Å². The number of hydrogen-bond acceptors (Lipinski definition) is 3. The zero-order valence-electron chi connectivity index (χ0n) is 12.5. The van der Waals surface area contributed by atoms with Crippen molar-refractivity contribution in [3.8, 4) is 0 Å². The van der Waals surface area contributed by atoms with Gasteiger partial charge in [0, 0.05) is 12.1 Å². The Kier molecular flexibility index (Phi) is 5.17. The SMILES string of the molecule is CN(C)C1(CNC(=O)c2cc(F)cnc2Cl)CCCCC1. The summed E-state index contributed by atoms with van der Waals surface area (Å²) in [5, 5.41) is 2.91. The first-order chi connectivity index (χ1) is 9.94. The number of amides is 1. The van der Waals surface area contributed by atoms with Crippen LogP contribution >= 0.6 is 11.6 Å². The third-order valence-corrected chi connectivity index (χ3v) is 4.66. The maximum Gasteiger partial charge on any atom is 0.254 e. The molecule has 0 aromatic carbocycles. The van der Waals surface area contributed by atoms with E-state index >= 15 is 0 Å². The maximum atomic E-state index is 13.2. The largest absolute Gasteiger partial charge is 0.350 e. The van der Waals surface area contributed by atoms with Crippen LogP contribution in [-0.4, -0.2) is 42.0 Å². The molecule has 2 rings (SSSR count). The van der Waals surface area contributed by atoms with Crippen molar-refractivity contribution in [2.45, 2.75) is 37.6 Å². The molecule has 116 valence electrons. The van der Waals surface area contributed by atoms with E-state index in [0.717, 1.165) is 37.9 Å². The summed E-state index contributed by atoms with van der Waals surface area (Å²) >= 11 is 5.86. The Labute approximate surface area is 129 Å². The molecule has 21 heavy (non-hydrogen) atoms. The van der Waals surface area contributed by atoms with E-state index in [2.05, 4.69) is 15.2 Å². The summed E-state index contributed by atoms with van der Waals surface area (Å²) in [6.07, 6.45) is 6.67. The number of pyridine rings is 1. The number of carbonyl (C=O) groups is 1. The minimum atomic E-state index is -0.565. The van der Waals surface area contributed by atoms with Crippen molar-refractivity contribution in [1.29, 1.82) is 0 Å². The van der Waals surface area contributed by atoms with Gasteiger partial charge in [-0.15, -0.1) is 0 Å². The standard InChI is InChI=1S/C15H21ClFN3O/c1-20(2)15(6-4-3-5-7-15)10-19-14(21)12-8-11(17)9-18-13(12)16/h8-9H,3-7,10H2,1-2H3,(H,19,21). The number of rotatable bonds is 4. The van der Waals surface area contributed by atoms with E-state index in [0.29, 0.717) is 6.54 Å². The fraction of sp³-hybridized carbons (Fsp3) is 0.600. The number of aromatic nitrogens is 1. The van der Waals surface area contributed by atoms with E-state index < -0.39 is 5.82 Å². The van der Waals surface area contributed by atoms with Crippen LogP contribution in [0.3, 0.4) is 0 Å². The van der Waals surface area contributed by atoms with Crippen LogP contribution in [0.5, 0.6) is 0 Å². The van der Waals surface area contributed by atoms with Gasteiger partial charge in [0.2, 0.25) is 0 Å². The van der Waals surface area contributed by atoms with Crippen LogP contribution < -0.4 is 5.32 Å². The molecule has 1 fully saturated rings. The Hall–Kier alpha value is -1.20. The van der Waals surface area contributed by atoms with Crippen LogP contribution in [0.15, 0.2) is 12.3 Å². The van der Waals surface area contributed by atoms with Crippen LogP contribution in [-0.2, 0) is 0 Å². The molecule has 1 saturated carbocycles. The highest BCUT2D eigenvalue weighted by Crippen LogP contribution is 2.31. The van der Waals surface area contributed by atoms with Crippen molar-refractivity contribution >= 4 is 17.5 Å². The molecule has 4 nitrogen and oxygen atoms in total. The second-order valence-electron chi connectivity index (χ2n) is 5.85. The van der Waals surface area contributed by atoms with Crippen molar-refractivity contribution in [2.75, 3.05) is 20.6 Å². The normalized spacial score (nSPS) is 17.8. The summed E-state index contributed by atoms with van der Waals surface area (Å²) in [5.41, 5.74) is 0.0580. The Bertz CT molecular complexity index is 516. The van der Waals surface area contributed by atoms with E-state index in [1.807, 2.05) is 14.1 Å². The van der Waals surface area contributed by atoms with Gasteiger partial charge in [-0.05, 0) is 33.0 Å². The number of halogens is 2. The molecule has 6 heteroatoms. The van der Waals surface area contributed by atoms with Gasteiger partial charge in [0.15, 0.2) is 0 Å². The van der Waals surface area contributed by atoms with Crippen molar-refractivity contribution in [2.24, 2.45) is 0 Å². The van der Waals surface area contributed by atoms with Crippen molar-refractivity contribution < 1.29 is 9.18 Å². The molecule has 0 radical (unpaired) electrons. The minimum Gasteiger partial charge on any atom is -0.350 e. The van der Waals surface area contributed by atoms with Gasteiger partial charge < -0.3 is 10.2 Å². The summed E-state index contributed by atoms with van der Waals surface area (Å²) in [7, 11) is 4.07. The first-order valence-electron chi connectivity index (χ1n) is 7.21. The minimum absolute atomic E-state index is 0.0245. The fourth-order valence-corrected chi connectivity index (χ4v) is 3.10. The lowest BCUT2D eigenvalue weighted by Crippen LogP contribution is -2.53. The summed E-state index contributed by atoms with van der Waals surface area (Å²) in [5.74, 6) is -0.941. The Balaban J connectivity index is 2.07. The quantitative estimate of drug-likeness (QED) is 0.869. The van der Waals surface area contributed by atoms with Crippen LogP contribution in [0.4, 0.5) is 4.39 Å². The number of nitrogens with one attached hydrogen (secondary N) is 1. The fourth-order valence-electron chi connectivity index (χ4n) is 2.91. The molecule has 0 unspecified atom stereocenters. The predicted octanol–water partition coefficient (Wildman–Crippen LogP) is 2.87. The number of nitrogens with zero attached hydrogens (tertiary/aromatic N) is 2. The summed E-state index contributed by atoms with van der Waals surface area (Å²) in [4.78, 5) is 18.0. The van der Waals surface area contributed by atoms with E-state index in [4.69, 9.17) is 11.6 Å². The van der Waals surface area contributed by atoms with Crippen LogP contribution in [0.2, 0.25) is 5.15 Å². The predicted molar refractivity (Wildman–Crippen MR) is 81.0 cm³/mol. The Morgan fingerprint density at radius 2 is 2.10 bits per heavy atom. The summed E-state index contributed by atoms with van der Waals surface area (Å²) < 4.78 is 13.2. The van der Waals surface area contributed by atoms with E-state index in [1.54, 1.807) is 0 Å². The molecule has 1 amide bonds. The van der Waals surface area contributed by atoms with E-state index in [1.165, 1.54) is 6.42 Å². The summed E-state index contributed by atoms with van der Waals surface area (Å²) in [6.45, 7) is 0.533. The molecule has 0 spiro atoms. The Morgan fingerprint density at radius 1 is 1.43 bits per heavy atom. The molecular formula is C15H21ClFN3O. The average Bonchev–Trinajstić information content (AvgIpc) is 2.48. The van der Waals surface area contributed by atoms with Crippen molar-refractivity contribution in [3.05, 3.63) is 28.8 Å². The first-order valence-corrected chi connectivity index (χ1v) is 7.59. The van der Waals surface area contributed by atoms with Crippen molar-refractivity contribution in [1.82, 2.24) is 15.2 Å². The third-order valence-electron chi connectivity index (χ3n) is 4.36. The number of hydrogen-bond donors (Lipinski definition) is 1. The van der Waals surface area contributed by atoms with Gasteiger partial charge in [-0.25, -0.2) is 9.37 Å². The molecule has 1 heterocycles. The molecule has 1 N–H and O–H groups in total. The van der Waals surface area contributed by atoms with Crippen LogP contribution in [0, 0.1) is 5.82 Å². The zero-order chi connectivity index (χ0) is 15.5. The molecule has 1 aliphatic rings. The number of likely N-dealkylation sites (N-methyl/N-ethyl adjacent to an activating group) is 1. The highest BCUT2D eigenvalue weighted by Gasteiger charge is 2.34. The second-order valence-corrected chi connectivity index (χ2v) is 6.21. The average molecular weight is 314 g/mol. The number of carbonyl (C=O) groups excluding carboxylic acids is 1. The zero-order valence-corrected chi connectivity index (χ0v) is 13.2. The lowest BCUT2D eigenvalue weighted by molar-refractivity contribution is 0.0799. The smallest absolute Gasteiger partial charge is 0.254 e. The van der Waals surface area contributed by atoms with Gasteiger partial charge in [-0.3, -0.25) is 4.79 Å². The maximum absolute atomic E-state index is 13.2. The highest BCUT2D eigenvalue weighted by atomic mass is 35.5. The second kappa shape index (κ2) is 6.71. The molecule has 0 atom stereocenters.